The molecule has 0 rings (SSSR count). The lowest BCUT2D eigenvalue weighted by Crippen LogP contribution is -2.21. The van der Waals surface area contributed by atoms with Gasteiger partial charge in [-0.3, -0.25) is 0 Å². The molecular formula is C13H22N2S4. The maximum Gasteiger partial charge on any atom is 0.144 e. The first kappa shape index (κ1) is 19.0. The maximum absolute atomic E-state index is 5.21. The second kappa shape index (κ2) is 14.4. The lowest BCUT2D eigenvalue weighted by molar-refractivity contribution is 0.726. The topological polar surface area (TPSA) is 24.1 Å². The summed E-state index contributed by atoms with van der Waals surface area (Å²) < 4.78 is 1.57. The largest absolute Gasteiger partial charge is 0.370 e. The molecule has 0 aromatic rings. The van der Waals surface area contributed by atoms with Crippen LogP contribution in [0.25, 0.3) is 0 Å². The number of hydrogen-bond donors (Lipinski definition) is 2. The molecule has 0 amide bonds. The molecule has 0 aliphatic rings. The van der Waals surface area contributed by atoms with Crippen molar-refractivity contribution < 1.29 is 0 Å². The molecule has 0 aliphatic heterocycles. The molecule has 6 heteroatoms. The molecule has 0 aromatic carbocycles. The predicted octanol–water partition coefficient (Wildman–Crippen LogP) is 4.44. The van der Waals surface area contributed by atoms with Gasteiger partial charge in [0.2, 0.25) is 0 Å². The van der Waals surface area contributed by atoms with Gasteiger partial charge in [-0.15, -0.1) is 13.2 Å². The van der Waals surface area contributed by atoms with E-state index in [1.165, 1.54) is 21.6 Å². The Bertz CT molecular complexity index is 292. The van der Waals surface area contributed by atoms with Crippen LogP contribution in [0.3, 0.4) is 0 Å². The fourth-order valence-corrected chi connectivity index (χ4v) is 3.27. The minimum absolute atomic E-state index is 0.782. The van der Waals surface area contributed by atoms with Crippen molar-refractivity contribution in [2.75, 3.05) is 13.1 Å². The molecule has 0 radical (unpaired) electrons. The van der Waals surface area contributed by atoms with E-state index in [4.69, 9.17) is 24.4 Å². The van der Waals surface area contributed by atoms with Crippen molar-refractivity contribution in [3.8, 4) is 0 Å². The van der Waals surface area contributed by atoms with Gasteiger partial charge >= 0.3 is 0 Å². The lowest BCUT2D eigenvalue weighted by atomic mass is 10.2. The minimum atomic E-state index is 0.782. The first-order valence-electron chi connectivity index (χ1n) is 6.32. The predicted molar refractivity (Wildman–Crippen MR) is 99.9 cm³/mol. The van der Waals surface area contributed by atoms with Gasteiger partial charge in [-0.25, -0.2) is 0 Å². The van der Waals surface area contributed by atoms with E-state index < -0.39 is 0 Å². The van der Waals surface area contributed by atoms with E-state index in [-0.39, 0.29) is 0 Å². The van der Waals surface area contributed by atoms with Crippen LogP contribution in [0.15, 0.2) is 25.3 Å². The molecule has 0 fully saturated rings. The number of allylic oxidation sites excluding steroid dienone is 2. The van der Waals surface area contributed by atoms with E-state index in [2.05, 4.69) is 23.8 Å². The first-order valence-corrected chi connectivity index (χ1v) is 9.29. The molecule has 2 nitrogen and oxygen atoms in total. The fraction of sp³-hybridized carbons (Fsp3) is 0.538. The third kappa shape index (κ3) is 14.2. The molecule has 0 heterocycles. The highest BCUT2D eigenvalue weighted by atomic mass is 33.1. The zero-order valence-corrected chi connectivity index (χ0v) is 14.4. The Labute approximate surface area is 135 Å². The van der Waals surface area contributed by atoms with Gasteiger partial charge < -0.3 is 10.6 Å². The highest BCUT2D eigenvalue weighted by Gasteiger charge is 2.01. The normalized spacial score (nSPS) is 9.68. The zero-order chi connectivity index (χ0) is 14.3. The molecule has 0 aromatic heterocycles. The van der Waals surface area contributed by atoms with Crippen molar-refractivity contribution in [1.82, 2.24) is 10.6 Å². The highest BCUT2D eigenvalue weighted by Crippen LogP contribution is 2.22. The van der Waals surface area contributed by atoms with Crippen LogP contribution >= 0.6 is 46.0 Å². The first-order chi connectivity index (χ1) is 9.20. The molecule has 0 saturated carbocycles. The van der Waals surface area contributed by atoms with Crippen molar-refractivity contribution >= 4 is 54.7 Å². The van der Waals surface area contributed by atoms with Crippen molar-refractivity contribution in [2.24, 2.45) is 0 Å². The maximum atomic E-state index is 5.21. The van der Waals surface area contributed by atoms with Crippen molar-refractivity contribution in [3.63, 3.8) is 0 Å². The molecule has 0 aliphatic carbocycles. The molecule has 0 saturated heterocycles. The van der Waals surface area contributed by atoms with Gasteiger partial charge in [0, 0.05) is 13.1 Å². The van der Waals surface area contributed by atoms with Gasteiger partial charge in [0.25, 0.3) is 0 Å². The van der Waals surface area contributed by atoms with Crippen molar-refractivity contribution in [2.45, 2.75) is 32.1 Å². The summed E-state index contributed by atoms with van der Waals surface area (Å²) in [5.41, 5.74) is 0. The Balaban J connectivity index is 3.42. The monoisotopic (exact) mass is 334 g/mol. The summed E-state index contributed by atoms with van der Waals surface area (Å²) in [6.07, 6.45) is 9.26. The van der Waals surface area contributed by atoms with E-state index in [0.29, 0.717) is 0 Å². The van der Waals surface area contributed by atoms with Gasteiger partial charge in [-0.2, -0.15) is 0 Å². The molecule has 2 N–H and O–H groups in total. The summed E-state index contributed by atoms with van der Waals surface area (Å²) in [7, 11) is 3.01. The van der Waals surface area contributed by atoms with Crippen LogP contribution in [0.1, 0.15) is 32.1 Å². The van der Waals surface area contributed by atoms with Crippen molar-refractivity contribution in [3.05, 3.63) is 25.3 Å². The van der Waals surface area contributed by atoms with Crippen LogP contribution in [0.2, 0.25) is 0 Å². The van der Waals surface area contributed by atoms with Gasteiger partial charge in [0.15, 0.2) is 0 Å². The molecule has 0 spiro atoms. The quantitative estimate of drug-likeness (QED) is 0.280. The van der Waals surface area contributed by atoms with E-state index in [1.807, 2.05) is 12.2 Å². The van der Waals surface area contributed by atoms with Gasteiger partial charge in [0.05, 0.1) is 0 Å². The standard InChI is InChI=1S/C13H22N2S4/c1-3-5-7-9-11-15-13(17)19-18-12(16)14-10-8-6-4-2/h3-4H,1-2,5-11H2,(H,14,16)(H,15,17). The molecule has 0 unspecified atom stereocenters. The van der Waals surface area contributed by atoms with Crippen LogP contribution in [-0.4, -0.2) is 21.7 Å². The third-order valence-electron chi connectivity index (χ3n) is 2.15. The Morgan fingerprint density at radius 2 is 1.32 bits per heavy atom. The number of rotatable bonds is 9. The smallest absolute Gasteiger partial charge is 0.144 e. The zero-order valence-electron chi connectivity index (χ0n) is 11.2. The highest BCUT2D eigenvalue weighted by molar-refractivity contribution is 8.89. The number of hydrogen-bond acceptors (Lipinski definition) is 4. The number of thiocarbonyl (C=S) groups is 2. The minimum Gasteiger partial charge on any atom is -0.370 e. The molecular weight excluding hydrogens is 312 g/mol. The van der Waals surface area contributed by atoms with E-state index >= 15 is 0 Å². The van der Waals surface area contributed by atoms with Crippen LogP contribution in [0.4, 0.5) is 0 Å². The SMILES string of the molecule is C=CCCCCNC(=S)SSC(=S)NCCCC=C. The van der Waals surface area contributed by atoms with Crippen LogP contribution in [0, 0.1) is 0 Å². The lowest BCUT2D eigenvalue weighted by Gasteiger charge is -2.08. The number of nitrogens with one attached hydrogen (secondary N) is 2. The Morgan fingerprint density at radius 1 is 0.842 bits per heavy atom. The fourth-order valence-electron chi connectivity index (χ4n) is 1.18. The van der Waals surface area contributed by atoms with E-state index in [1.54, 1.807) is 0 Å². The Kier molecular flexibility index (Phi) is 14.3. The molecule has 0 bridgehead atoms. The van der Waals surface area contributed by atoms with E-state index in [0.717, 1.165) is 53.8 Å². The summed E-state index contributed by atoms with van der Waals surface area (Å²) >= 11 is 10.4. The average molecular weight is 335 g/mol. The number of unbranched alkanes of at least 4 members (excludes halogenated alkanes) is 3. The van der Waals surface area contributed by atoms with Crippen LogP contribution in [-0.2, 0) is 0 Å². The molecule has 19 heavy (non-hydrogen) atoms. The summed E-state index contributed by atoms with van der Waals surface area (Å²) in [5.74, 6) is 0. The van der Waals surface area contributed by atoms with Gasteiger partial charge in [-0.05, 0) is 53.7 Å². The average Bonchev–Trinajstić information content (AvgIpc) is 2.41. The second-order valence-electron chi connectivity index (χ2n) is 3.81. The Hall–Kier alpha value is -0.0400. The molecule has 0 atom stereocenters. The van der Waals surface area contributed by atoms with Crippen molar-refractivity contribution in [1.29, 1.82) is 0 Å². The third-order valence-corrected chi connectivity index (χ3v) is 5.50. The van der Waals surface area contributed by atoms with Gasteiger partial charge in [0.1, 0.15) is 8.64 Å². The summed E-state index contributed by atoms with van der Waals surface area (Å²) in [6, 6.07) is 0. The van der Waals surface area contributed by atoms with E-state index in [9.17, 15) is 0 Å². The summed E-state index contributed by atoms with van der Waals surface area (Å²) in [4.78, 5) is 0. The summed E-state index contributed by atoms with van der Waals surface area (Å²) in [6.45, 7) is 9.19. The van der Waals surface area contributed by atoms with Crippen LogP contribution < -0.4 is 10.6 Å². The van der Waals surface area contributed by atoms with Gasteiger partial charge in [-0.1, -0.05) is 36.6 Å². The second-order valence-corrected chi connectivity index (χ2v) is 7.29. The summed E-state index contributed by atoms with van der Waals surface area (Å²) in [5, 5.41) is 6.40. The Morgan fingerprint density at radius 3 is 1.84 bits per heavy atom. The molecule has 108 valence electrons. The van der Waals surface area contributed by atoms with Crippen LogP contribution in [0.5, 0.6) is 0 Å².